The highest BCUT2D eigenvalue weighted by molar-refractivity contribution is 5.88. The number of fused-ring (bicyclic) bond motifs is 1. The lowest BCUT2D eigenvalue weighted by Crippen LogP contribution is -2.24. The maximum atomic E-state index is 13.5. The first-order valence-electron chi connectivity index (χ1n) is 11.2. The molecular formula is C27H23N3O5. The Labute approximate surface area is 201 Å². The quantitative estimate of drug-likeness (QED) is 0.394. The van der Waals surface area contributed by atoms with Gasteiger partial charge in [0.1, 0.15) is 11.5 Å². The Balaban J connectivity index is 1.55. The number of hydrogen-bond donors (Lipinski definition) is 2. The summed E-state index contributed by atoms with van der Waals surface area (Å²) in [6.07, 6.45) is 4.68. The van der Waals surface area contributed by atoms with E-state index in [1.54, 1.807) is 43.5 Å². The van der Waals surface area contributed by atoms with Crippen LogP contribution in [0.5, 0.6) is 17.2 Å². The number of benzene rings is 3. The van der Waals surface area contributed by atoms with Crippen molar-refractivity contribution in [2.24, 2.45) is 0 Å². The zero-order chi connectivity index (χ0) is 24.4. The van der Waals surface area contributed by atoms with Crippen LogP contribution in [0.15, 0.2) is 77.7 Å². The van der Waals surface area contributed by atoms with E-state index in [1.807, 2.05) is 12.1 Å². The number of nitrogens with zero attached hydrogens (tertiary/aromatic N) is 2. The third-order valence-electron chi connectivity index (χ3n) is 5.96. The normalized spacial score (nSPS) is 12.1. The van der Waals surface area contributed by atoms with Crippen LogP contribution in [0.2, 0.25) is 0 Å². The van der Waals surface area contributed by atoms with Gasteiger partial charge in [-0.15, -0.1) is 0 Å². The molecule has 35 heavy (non-hydrogen) atoms. The summed E-state index contributed by atoms with van der Waals surface area (Å²) in [6.45, 7) is 0. The fraction of sp³-hybridized carbons (Fsp3) is 0.148. The van der Waals surface area contributed by atoms with E-state index in [1.165, 1.54) is 34.1 Å². The number of rotatable bonds is 7. The zero-order valence-corrected chi connectivity index (χ0v) is 19.0. The molecule has 0 bridgehead atoms. The molecule has 0 saturated heterocycles. The SMILES string of the molecule is COc1ccc(-n2ncc(Oc3ccc4c(c3)CCC4)c(Nc3ccc(C(=O)O)cc3)c2=O)cc1. The van der Waals surface area contributed by atoms with E-state index in [-0.39, 0.29) is 17.0 Å². The van der Waals surface area contributed by atoms with Gasteiger partial charge in [0.05, 0.1) is 24.6 Å². The number of carboxylic acid groups (broad SMARTS) is 1. The molecule has 0 amide bonds. The lowest BCUT2D eigenvalue weighted by atomic mass is 10.1. The molecule has 3 aromatic carbocycles. The van der Waals surface area contributed by atoms with Crippen LogP contribution in [0, 0.1) is 0 Å². The third-order valence-corrected chi connectivity index (χ3v) is 5.96. The van der Waals surface area contributed by atoms with Gasteiger partial charge in [-0.1, -0.05) is 6.07 Å². The van der Waals surface area contributed by atoms with Gasteiger partial charge >= 0.3 is 5.97 Å². The smallest absolute Gasteiger partial charge is 0.335 e. The van der Waals surface area contributed by atoms with Gasteiger partial charge in [0, 0.05) is 5.69 Å². The van der Waals surface area contributed by atoms with Crippen molar-refractivity contribution >= 4 is 17.3 Å². The molecule has 0 saturated carbocycles. The molecule has 8 nitrogen and oxygen atoms in total. The average molecular weight is 469 g/mol. The van der Waals surface area contributed by atoms with E-state index in [2.05, 4.69) is 16.5 Å². The van der Waals surface area contributed by atoms with Gasteiger partial charge in [0.25, 0.3) is 5.56 Å². The average Bonchev–Trinajstić information content (AvgIpc) is 3.35. The first-order chi connectivity index (χ1) is 17.0. The number of aromatic nitrogens is 2. The summed E-state index contributed by atoms with van der Waals surface area (Å²) in [5.41, 5.74) is 3.58. The van der Waals surface area contributed by atoms with E-state index in [0.717, 1.165) is 19.3 Å². The van der Waals surface area contributed by atoms with Crippen molar-refractivity contribution in [2.75, 3.05) is 12.4 Å². The van der Waals surface area contributed by atoms with Crippen LogP contribution in [-0.4, -0.2) is 28.0 Å². The van der Waals surface area contributed by atoms with Gasteiger partial charge in [-0.3, -0.25) is 4.79 Å². The number of carbonyl (C=O) groups is 1. The fourth-order valence-corrected chi connectivity index (χ4v) is 4.12. The number of nitrogens with one attached hydrogen (secondary N) is 1. The van der Waals surface area contributed by atoms with Crippen LogP contribution < -0.4 is 20.3 Å². The van der Waals surface area contributed by atoms with Crippen molar-refractivity contribution in [1.29, 1.82) is 0 Å². The van der Waals surface area contributed by atoms with E-state index >= 15 is 0 Å². The standard InChI is InChI=1S/C27H23N3O5/c1-34-22-13-10-21(11-14-22)30-26(31)25(29-20-8-5-18(6-9-20)27(32)33)24(16-28-30)35-23-12-7-17-3-2-4-19(17)15-23/h5-16,29H,2-4H2,1H3,(H,32,33). The van der Waals surface area contributed by atoms with Crippen molar-refractivity contribution in [1.82, 2.24) is 9.78 Å². The van der Waals surface area contributed by atoms with Gasteiger partial charge in [-0.2, -0.15) is 9.78 Å². The summed E-state index contributed by atoms with van der Waals surface area (Å²) in [5, 5.41) is 16.6. The maximum Gasteiger partial charge on any atom is 0.335 e. The van der Waals surface area contributed by atoms with Crippen LogP contribution in [0.4, 0.5) is 11.4 Å². The van der Waals surface area contributed by atoms with Crippen LogP contribution in [0.25, 0.3) is 5.69 Å². The summed E-state index contributed by atoms with van der Waals surface area (Å²) in [6, 6.07) is 19.0. The highest BCUT2D eigenvalue weighted by Crippen LogP contribution is 2.32. The lowest BCUT2D eigenvalue weighted by molar-refractivity contribution is 0.0697. The van der Waals surface area contributed by atoms with E-state index in [0.29, 0.717) is 22.9 Å². The zero-order valence-electron chi connectivity index (χ0n) is 19.0. The largest absolute Gasteiger partial charge is 0.497 e. The number of aryl methyl sites for hydroxylation is 2. The maximum absolute atomic E-state index is 13.5. The van der Waals surface area contributed by atoms with Crippen molar-refractivity contribution < 1.29 is 19.4 Å². The van der Waals surface area contributed by atoms with E-state index in [4.69, 9.17) is 9.47 Å². The fourth-order valence-electron chi connectivity index (χ4n) is 4.12. The Morgan fingerprint density at radius 3 is 2.40 bits per heavy atom. The molecule has 8 heteroatoms. The molecule has 1 aliphatic carbocycles. The highest BCUT2D eigenvalue weighted by atomic mass is 16.5. The number of anilines is 2. The predicted octanol–water partition coefficient (Wildman–Crippen LogP) is 4.96. The Morgan fingerprint density at radius 2 is 1.69 bits per heavy atom. The molecular weight excluding hydrogens is 446 g/mol. The number of methoxy groups -OCH3 is 1. The molecule has 0 aliphatic heterocycles. The molecule has 176 valence electrons. The molecule has 0 atom stereocenters. The number of carboxylic acids is 1. The van der Waals surface area contributed by atoms with Gasteiger partial charge in [0.2, 0.25) is 0 Å². The first kappa shape index (κ1) is 22.2. The lowest BCUT2D eigenvalue weighted by Gasteiger charge is -2.15. The van der Waals surface area contributed by atoms with Gasteiger partial charge in [-0.25, -0.2) is 4.79 Å². The topological polar surface area (TPSA) is 103 Å². The number of ether oxygens (including phenoxy) is 2. The van der Waals surface area contributed by atoms with Gasteiger partial charge < -0.3 is 19.9 Å². The Hall–Kier alpha value is -4.59. The number of hydrogen-bond acceptors (Lipinski definition) is 6. The highest BCUT2D eigenvalue weighted by Gasteiger charge is 2.17. The number of aromatic carboxylic acids is 1. The van der Waals surface area contributed by atoms with Crippen LogP contribution in [-0.2, 0) is 12.8 Å². The van der Waals surface area contributed by atoms with Crippen LogP contribution in [0.1, 0.15) is 27.9 Å². The molecule has 0 radical (unpaired) electrons. The van der Waals surface area contributed by atoms with Crippen molar-refractivity contribution in [3.05, 3.63) is 100.0 Å². The molecule has 4 aromatic rings. The van der Waals surface area contributed by atoms with Crippen LogP contribution >= 0.6 is 0 Å². The minimum absolute atomic E-state index is 0.149. The summed E-state index contributed by atoms with van der Waals surface area (Å²) in [5.74, 6) is 0.525. The molecule has 0 unspecified atom stereocenters. The minimum Gasteiger partial charge on any atom is -0.497 e. The first-order valence-corrected chi connectivity index (χ1v) is 11.2. The van der Waals surface area contributed by atoms with Crippen molar-refractivity contribution in [3.8, 4) is 22.9 Å². The second kappa shape index (κ2) is 9.34. The molecule has 2 N–H and O–H groups in total. The molecule has 1 aliphatic rings. The van der Waals surface area contributed by atoms with Gasteiger partial charge in [0.15, 0.2) is 11.4 Å². The summed E-state index contributed by atoms with van der Waals surface area (Å²) < 4.78 is 12.6. The third kappa shape index (κ3) is 4.59. The molecule has 0 fully saturated rings. The Morgan fingerprint density at radius 1 is 0.971 bits per heavy atom. The molecule has 0 spiro atoms. The van der Waals surface area contributed by atoms with E-state index in [9.17, 15) is 14.7 Å². The molecule has 5 rings (SSSR count). The predicted molar refractivity (Wildman–Crippen MR) is 132 cm³/mol. The van der Waals surface area contributed by atoms with Crippen molar-refractivity contribution in [2.45, 2.75) is 19.3 Å². The second-order valence-electron chi connectivity index (χ2n) is 8.19. The van der Waals surface area contributed by atoms with E-state index < -0.39 is 11.5 Å². The van der Waals surface area contributed by atoms with Crippen molar-refractivity contribution in [3.63, 3.8) is 0 Å². The molecule has 1 heterocycles. The molecule has 1 aromatic heterocycles. The minimum atomic E-state index is -1.03. The Bertz CT molecular complexity index is 1440. The van der Waals surface area contributed by atoms with Crippen LogP contribution in [0.3, 0.4) is 0 Å². The summed E-state index contributed by atoms with van der Waals surface area (Å²) >= 11 is 0. The monoisotopic (exact) mass is 469 g/mol. The Kier molecular flexibility index (Phi) is 5.93. The second-order valence-corrected chi connectivity index (χ2v) is 8.19. The summed E-state index contributed by atoms with van der Waals surface area (Å²) in [4.78, 5) is 24.7. The summed E-state index contributed by atoms with van der Waals surface area (Å²) in [7, 11) is 1.57. The van der Waals surface area contributed by atoms with Gasteiger partial charge in [-0.05, 0) is 91.1 Å².